The molecular formula is C16H29N3. The monoisotopic (exact) mass is 263 g/mol. The van der Waals surface area contributed by atoms with Crippen LogP contribution in [-0.2, 0) is 0 Å². The van der Waals surface area contributed by atoms with Crippen LogP contribution in [-0.4, -0.2) is 36.1 Å². The van der Waals surface area contributed by atoms with E-state index in [2.05, 4.69) is 30.1 Å². The zero-order chi connectivity index (χ0) is 13.7. The summed E-state index contributed by atoms with van der Waals surface area (Å²) in [6, 6.07) is 3.47. The molecule has 0 saturated heterocycles. The number of hydrogen-bond acceptors (Lipinski definition) is 3. The van der Waals surface area contributed by atoms with Crippen LogP contribution in [0.2, 0.25) is 0 Å². The molecule has 0 radical (unpaired) electrons. The number of nitrogens with zero attached hydrogens (tertiary/aromatic N) is 2. The van der Waals surface area contributed by atoms with E-state index in [-0.39, 0.29) is 5.54 Å². The van der Waals surface area contributed by atoms with Gasteiger partial charge in [0.05, 0.1) is 6.07 Å². The molecule has 2 aliphatic rings. The lowest BCUT2D eigenvalue weighted by atomic mass is 9.85. The van der Waals surface area contributed by atoms with Gasteiger partial charge in [-0.25, -0.2) is 0 Å². The summed E-state index contributed by atoms with van der Waals surface area (Å²) in [7, 11) is 0. The molecule has 19 heavy (non-hydrogen) atoms. The van der Waals surface area contributed by atoms with Crippen molar-refractivity contribution >= 4 is 0 Å². The maximum atomic E-state index is 9.63. The molecule has 3 heteroatoms. The van der Waals surface area contributed by atoms with Gasteiger partial charge in [-0.1, -0.05) is 20.3 Å². The molecule has 0 spiro atoms. The second-order valence-electron chi connectivity index (χ2n) is 6.25. The molecule has 3 nitrogen and oxygen atoms in total. The lowest BCUT2D eigenvalue weighted by Gasteiger charge is -2.31. The second kappa shape index (κ2) is 6.72. The third-order valence-electron chi connectivity index (χ3n) is 4.94. The molecule has 2 atom stereocenters. The van der Waals surface area contributed by atoms with Gasteiger partial charge in [-0.15, -0.1) is 0 Å². The molecule has 1 N–H and O–H groups in total. The molecule has 0 aliphatic heterocycles. The zero-order valence-corrected chi connectivity index (χ0v) is 12.6. The van der Waals surface area contributed by atoms with Gasteiger partial charge in [0.25, 0.3) is 0 Å². The smallest absolute Gasteiger partial charge is 0.109 e. The first kappa shape index (κ1) is 14.8. The van der Waals surface area contributed by atoms with Crippen molar-refractivity contribution in [2.75, 3.05) is 19.6 Å². The van der Waals surface area contributed by atoms with E-state index in [0.717, 1.165) is 25.4 Å². The van der Waals surface area contributed by atoms with E-state index in [0.29, 0.717) is 5.92 Å². The van der Waals surface area contributed by atoms with Gasteiger partial charge < -0.3 is 4.90 Å². The van der Waals surface area contributed by atoms with Gasteiger partial charge in [0.1, 0.15) is 5.54 Å². The Bertz CT molecular complexity index is 318. The van der Waals surface area contributed by atoms with Crippen molar-refractivity contribution in [1.82, 2.24) is 10.2 Å². The van der Waals surface area contributed by atoms with Crippen LogP contribution >= 0.6 is 0 Å². The minimum atomic E-state index is -0.223. The van der Waals surface area contributed by atoms with Gasteiger partial charge in [0.15, 0.2) is 0 Å². The van der Waals surface area contributed by atoms with E-state index < -0.39 is 0 Å². The Morgan fingerprint density at radius 1 is 1.32 bits per heavy atom. The summed E-state index contributed by atoms with van der Waals surface area (Å²) in [4.78, 5) is 2.61. The molecule has 2 unspecified atom stereocenters. The van der Waals surface area contributed by atoms with Crippen molar-refractivity contribution in [3.63, 3.8) is 0 Å². The van der Waals surface area contributed by atoms with Gasteiger partial charge in [-0.05, 0) is 64.1 Å². The fraction of sp³-hybridized carbons (Fsp3) is 0.938. The Balaban J connectivity index is 1.88. The fourth-order valence-electron chi connectivity index (χ4n) is 3.60. The first-order valence-electron chi connectivity index (χ1n) is 8.16. The normalized spacial score (nSPS) is 30.7. The van der Waals surface area contributed by atoms with Crippen LogP contribution in [0.5, 0.6) is 0 Å². The van der Waals surface area contributed by atoms with E-state index in [1.165, 1.54) is 45.2 Å². The van der Waals surface area contributed by atoms with E-state index in [1.807, 2.05) is 0 Å². The number of rotatable bonds is 8. The van der Waals surface area contributed by atoms with Crippen molar-refractivity contribution in [2.45, 2.75) is 70.4 Å². The lowest BCUT2D eigenvalue weighted by molar-refractivity contribution is 0.223. The summed E-state index contributed by atoms with van der Waals surface area (Å²) < 4.78 is 0. The highest BCUT2D eigenvalue weighted by Crippen LogP contribution is 2.38. The maximum Gasteiger partial charge on any atom is 0.109 e. The van der Waals surface area contributed by atoms with Crippen LogP contribution in [0.3, 0.4) is 0 Å². The summed E-state index contributed by atoms with van der Waals surface area (Å²) in [5.74, 6) is 0.553. The molecule has 108 valence electrons. The average Bonchev–Trinajstić information content (AvgIpc) is 3.19. The Kier molecular flexibility index (Phi) is 5.24. The van der Waals surface area contributed by atoms with Crippen LogP contribution in [0, 0.1) is 17.2 Å². The molecule has 2 aliphatic carbocycles. The molecule has 2 saturated carbocycles. The van der Waals surface area contributed by atoms with Gasteiger partial charge in [0, 0.05) is 6.04 Å². The van der Waals surface area contributed by atoms with Crippen LogP contribution in [0.15, 0.2) is 0 Å². The van der Waals surface area contributed by atoms with E-state index in [4.69, 9.17) is 0 Å². The molecule has 0 aromatic heterocycles. The molecular weight excluding hydrogens is 234 g/mol. The van der Waals surface area contributed by atoms with Gasteiger partial charge in [0.2, 0.25) is 0 Å². The van der Waals surface area contributed by atoms with Crippen molar-refractivity contribution in [3.05, 3.63) is 0 Å². The summed E-state index contributed by atoms with van der Waals surface area (Å²) in [5, 5.41) is 13.2. The summed E-state index contributed by atoms with van der Waals surface area (Å²) in [6.07, 6.45) is 8.56. The fourth-order valence-corrected chi connectivity index (χ4v) is 3.60. The van der Waals surface area contributed by atoms with Crippen LogP contribution < -0.4 is 5.32 Å². The highest BCUT2D eigenvalue weighted by molar-refractivity contribution is 5.14. The largest absolute Gasteiger partial charge is 0.301 e. The van der Waals surface area contributed by atoms with Crippen LogP contribution in [0.25, 0.3) is 0 Å². The predicted molar refractivity (Wildman–Crippen MR) is 78.9 cm³/mol. The first-order chi connectivity index (χ1) is 9.25. The Morgan fingerprint density at radius 2 is 2.11 bits per heavy atom. The van der Waals surface area contributed by atoms with Crippen molar-refractivity contribution in [3.8, 4) is 6.07 Å². The molecule has 0 amide bonds. The molecule has 0 bridgehead atoms. The summed E-state index contributed by atoms with van der Waals surface area (Å²) >= 11 is 0. The zero-order valence-electron chi connectivity index (χ0n) is 12.6. The Hall–Kier alpha value is -0.590. The lowest BCUT2D eigenvalue weighted by Crippen LogP contribution is -2.48. The molecule has 0 heterocycles. The van der Waals surface area contributed by atoms with E-state index in [1.54, 1.807) is 0 Å². The van der Waals surface area contributed by atoms with Crippen molar-refractivity contribution in [1.29, 1.82) is 5.26 Å². The van der Waals surface area contributed by atoms with Crippen LogP contribution in [0.4, 0.5) is 0 Å². The van der Waals surface area contributed by atoms with Gasteiger partial charge in [-0.2, -0.15) is 5.26 Å². The number of hydrogen-bond donors (Lipinski definition) is 1. The Morgan fingerprint density at radius 3 is 2.68 bits per heavy atom. The number of nitrogens with one attached hydrogen (secondary N) is 1. The second-order valence-corrected chi connectivity index (χ2v) is 6.25. The number of nitriles is 1. The first-order valence-corrected chi connectivity index (χ1v) is 8.16. The third kappa shape index (κ3) is 3.49. The van der Waals surface area contributed by atoms with E-state index >= 15 is 0 Å². The van der Waals surface area contributed by atoms with Crippen LogP contribution in [0.1, 0.15) is 58.8 Å². The van der Waals surface area contributed by atoms with Crippen molar-refractivity contribution in [2.24, 2.45) is 5.92 Å². The van der Waals surface area contributed by atoms with E-state index in [9.17, 15) is 5.26 Å². The highest BCUT2D eigenvalue weighted by Gasteiger charge is 2.42. The molecule has 2 rings (SSSR count). The average molecular weight is 263 g/mol. The SMILES string of the molecule is CCCNC1(C#N)CCCC1CCN(CC)C1CC1. The minimum Gasteiger partial charge on any atom is -0.301 e. The standard InChI is InChI=1S/C16H29N3/c1-3-11-18-16(13-17)10-5-6-14(16)9-12-19(4-2)15-7-8-15/h14-15,18H,3-12H2,1-2H3. The quantitative estimate of drug-likeness (QED) is 0.732. The summed E-state index contributed by atoms with van der Waals surface area (Å²) in [6.45, 7) is 7.76. The summed E-state index contributed by atoms with van der Waals surface area (Å²) in [5.41, 5.74) is -0.223. The molecule has 0 aromatic carbocycles. The molecule has 0 aromatic rings. The third-order valence-corrected chi connectivity index (χ3v) is 4.94. The maximum absolute atomic E-state index is 9.63. The van der Waals surface area contributed by atoms with Crippen molar-refractivity contribution < 1.29 is 0 Å². The van der Waals surface area contributed by atoms with Gasteiger partial charge in [-0.3, -0.25) is 5.32 Å². The Labute approximate surface area is 118 Å². The minimum absolute atomic E-state index is 0.223. The highest BCUT2D eigenvalue weighted by atomic mass is 15.2. The topological polar surface area (TPSA) is 39.1 Å². The predicted octanol–water partition coefficient (Wildman–Crippen LogP) is 2.92. The van der Waals surface area contributed by atoms with Gasteiger partial charge >= 0.3 is 0 Å². The molecule has 2 fully saturated rings.